The zero-order chi connectivity index (χ0) is 11.5. The Labute approximate surface area is 97.7 Å². The maximum atomic E-state index is 13.1. The Bertz CT molecular complexity index is 508. The summed E-state index contributed by atoms with van der Waals surface area (Å²) in [5.74, 6) is -0.304. The lowest BCUT2D eigenvalue weighted by atomic mass is 10.1. The minimum Gasteiger partial charge on any atom is -0.389 e. The molecule has 3 nitrogen and oxygen atoms in total. The van der Waals surface area contributed by atoms with Gasteiger partial charge in [0, 0.05) is 18.0 Å². The molecule has 5 heteroatoms. The van der Waals surface area contributed by atoms with Crippen LogP contribution in [0.2, 0.25) is 0 Å². The van der Waals surface area contributed by atoms with Crippen molar-refractivity contribution >= 4 is 17.2 Å². The lowest BCUT2D eigenvalue weighted by molar-refractivity contribution is 0.619. The molecule has 0 aliphatic carbocycles. The van der Waals surface area contributed by atoms with Crippen LogP contribution in [0.15, 0.2) is 36.7 Å². The van der Waals surface area contributed by atoms with Crippen LogP contribution >= 0.6 is 12.2 Å². The number of aromatic nitrogens is 2. The molecule has 2 rings (SSSR count). The van der Waals surface area contributed by atoms with Crippen molar-refractivity contribution in [1.82, 2.24) is 9.78 Å². The summed E-state index contributed by atoms with van der Waals surface area (Å²) in [4.78, 5) is 0.266. The Kier molecular flexibility index (Phi) is 2.96. The zero-order valence-electron chi connectivity index (χ0n) is 8.43. The SMILES string of the molecule is NC(=S)c1ccc(F)cc1Cn1cccn1. The van der Waals surface area contributed by atoms with E-state index in [1.807, 2.05) is 0 Å². The van der Waals surface area contributed by atoms with Gasteiger partial charge in [-0.1, -0.05) is 12.2 Å². The van der Waals surface area contributed by atoms with Crippen LogP contribution in [0.1, 0.15) is 11.1 Å². The molecule has 1 aromatic heterocycles. The van der Waals surface area contributed by atoms with E-state index in [1.165, 1.54) is 12.1 Å². The first-order valence-electron chi connectivity index (χ1n) is 4.72. The van der Waals surface area contributed by atoms with Gasteiger partial charge in [0.2, 0.25) is 0 Å². The van der Waals surface area contributed by atoms with Gasteiger partial charge in [0.05, 0.1) is 6.54 Å². The molecule has 0 bridgehead atoms. The number of thiocarbonyl (C=S) groups is 1. The highest BCUT2D eigenvalue weighted by molar-refractivity contribution is 7.80. The van der Waals surface area contributed by atoms with E-state index in [9.17, 15) is 4.39 Å². The number of halogens is 1. The number of nitrogens with zero attached hydrogens (tertiary/aromatic N) is 2. The quantitative estimate of drug-likeness (QED) is 0.824. The molecule has 0 radical (unpaired) electrons. The van der Waals surface area contributed by atoms with Crippen LogP contribution in [0, 0.1) is 5.82 Å². The number of hydrogen-bond acceptors (Lipinski definition) is 2. The van der Waals surface area contributed by atoms with Crippen LogP contribution in [0.3, 0.4) is 0 Å². The number of hydrogen-bond donors (Lipinski definition) is 1. The standard InChI is InChI=1S/C11H10FN3S/c12-9-2-3-10(11(13)16)8(6-9)7-15-5-1-4-14-15/h1-6H,7H2,(H2,13,16). The van der Waals surface area contributed by atoms with Crippen LogP contribution in [0.25, 0.3) is 0 Å². The van der Waals surface area contributed by atoms with Crippen molar-refractivity contribution in [3.63, 3.8) is 0 Å². The third kappa shape index (κ3) is 2.25. The zero-order valence-corrected chi connectivity index (χ0v) is 9.25. The van der Waals surface area contributed by atoms with Crippen molar-refractivity contribution in [2.45, 2.75) is 6.54 Å². The lowest BCUT2D eigenvalue weighted by Crippen LogP contribution is -2.14. The third-order valence-corrected chi connectivity index (χ3v) is 2.44. The Morgan fingerprint density at radius 3 is 2.94 bits per heavy atom. The number of nitrogens with two attached hydrogens (primary N) is 1. The number of benzene rings is 1. The molecule has 16 heavy (non-hydrogen) atoms. The van der Waals surface area contributed by atoms with Gasteiger partial charge in [-0.15, -0.1) is 0 Å². The Morgan fingerprint density at radius 2 is 2.31 bits per heavy atom. The fourth-order valence-corrected chi connectivity index (χ4v) is 1.70. The van der Waals surface area contributed by atoms with Crippen molar-refractivity contribution < 1.29 is 4.39 Å². The predicted octanol–water partition coefficient (Wildman–Crippen LogP) is 1.70. The summed E-state index contributed by atoms with van der Waals surface area (Å²) in [6.45, 7) is 0.456. The highest BCUT2D eigenvalue weighted by Crippen LogP contribution is 2.12. The fraction of sp³-hybridized carbons (Fsp3) is 0.0909. The molecule has 0 saturated heterocycles. The molecule has 0 spiro atoms. The monoisotopic (exact) mass is 235 g/mol. The Morgan fingerprint density at radius 1 is 1.50 bits per heavy atom. The topological polar surface area (TPSA) is 43.8 Å². The molecule has 1 heterocycles. The highest BCUT2D eigenvalue weighted by Gasteiger charge is 2.07. The maximum absolute atomic E-state index is 13.1. The third-order valence-electron chi connectivity index (χ3n) is 2.22. The average Bonchev–Trinajstić information content (AvgIpc) is 2.70. The fourth-order valence-electron chi connectivity index (χ4n) is 1.50. The molecular weight excluding hydrogens is 225 g/mol. The molecule has 0 fully saturated rings. The molecule has 82 valence electrons. The van der Waals surface area contributed by atoms with Crippen molar-refractivity contribution in [3.8, 4) is 0 Å². The van der Waals surface area contributed by atoms with Gasteiger partial charge in [-0.05, 0) is 29.8 Å². The van der Waals surface area contributed by atoms with E-state index in [4.69, 9.17) is 18.0 Å². The van der Waals surface area contributed by atoms with Crippen LogP contribution in [-0.4, -0.2) is 14.8 Å². The molecule has 0 amide bonds. The van der Waals surface area contributed by atoms with Gasteiger partial charge in [0.1, 0.15) is 10.8 Å². The predicted molar refractivity (Wildman–Crippen MR) is 63.6 cm³/mol. The van der Waals surface area contributed by atoms with E-state index in [0.29, 0.717) is 12.1 Å². The van der Waals surface area contributed by atoms with Crippen LogP contribution < -0.4 is 5.73 Å². The second-order valence-electron chi connectivity index (χ2n) is 3.37. The Hall–Kier alpha value is -1.75. The second-order valence-corrected chi connectivity index (χ2v) is 3.81. The molecule has 0 saturated carbocycles. The highest BCUT2D eigenvalue weighted by atomic mass is 32.1. The first-order chi connectivity index (χ1) is 7.66. The first-order valence-corrected chi connectivity index (χ1v) is 5.13. The molecule has 0 aliphatic heterocycles. The molecule has 0 aliphatic rings. The summed E-state index contributed by atoms with van der Waals surface area (Å²) in [6, 6.07) is 6.17. The van der Waals surface area contributed by atoms with Crippen LogP contribution in [0.5, 0.6) is 0 Å². The smallest absolute Gasteiger partial charge is 0.123 e. The van der Waals surface area contributed by atoms with Crippen molar-refractivity contribution in [3.05, 3.63) is 53.6 Å². The van der Waals surface area contributed by atoms with Crippen molar-refractivity contribution in [1.29, 1.82) is 0 Å². The molecule has 2 aromatic rings. The van der Waals surface area contributed by atoms with E-state index in [1.54, 1.807) is 29.2 Å². The van der Waals surface area contributed by atoms with E-state index < -0.39 is 0 Å². The van der Waals surface area contributed by atoms with Gasteiger partial charge in [-0.25, -0.2) is 4.39 Å². The van der Waals surface area contributed by atoms with Gasteiger partial charge in [0.25, 0.3) is 0 Å². The Balaban J connectivity index is 2.38. The molecule has 0 unspecified atom stereocenters. The first kappa shape index (κ1) is 10.8. The summed E-state index contributed by atoms with van der Waals surface area (Å²) in [6.07, 6.45) is 3.47. The van der Waals surface area contributed by atoms with Gasteiger partial charge in [-0.3, -0.25) is 4.68 Å². The average molecular weight is 235 g/mol. The molecule has 0 atom stereocenters. The van der Waals surface area contributed by atoms with Gasteiger partial charge in [-0.2, -0.15) is 5.10 Å². The molecular formula is C11H10FN3S. The lowest BCUT2D eigenvalue weighted by Gasteiger charge is -2.08. The van der Waals surface area contributed by atoms with Gasteiger partial charge >= 0.3 is 0 Å². The maximum Gasteiger partial charge on any atom is 0.123 e. The van der Waals surface area contributed by atoms with Crippen molar-refractivity contribution in [2.75, 3.05) is 0 Å². The number of rotatable bonds is 3. The summed E-state index contributed by atoms with van der Waals surface area (Å²) in [7, 11) is 0. The van der Waals surface area contributed by atoms with E-state index in [-0.39, 0.29) is 10.8 Å². The van der Waals surface area contributed by atoms with E-state index in [0.717, 1.165) is 5.56 Å². The summed E-state index contributed by atoms with van der Waals surface area (Å²) in [5.41, 5.74) is 6.99. The normalized spacial score (nSPS) is 10.3. The molecule has 2 N–H and O–H groups in total. The van der Waals surface area contributed by atoms with Crippen molar-refractivity contribution in [2.24, 2.45) is 5.73 Å². The van der Waals surface area contributed by atoms with E-state index in [2.05, 4.69) is 5.10 Å². The second kappa shape index (κ2) is 4.40. The minimum absolute atomic E-state index is 0.266. The van der Waals surface area contributed by atoms with Crippen LogP contribution in [-0.2, 0) is 6.54 Å². The minimum atomic E-state index is -0.304. The van der Waals surface area contributed by atoms with E-state index >= 15 is 0 Å². The van der Waals surface area contributed by atoms with Gasteiger partial charge < -0.3 is 5.73 Å². The largest absolute Gasteiger partial charge is 0.389 e. The summed E-state index contributed by atoms with van der Waals surface area (Å²) < 4.78 is 14.8. The van der Waals surface area contributed by atoms with Gasteiger partial charge in [0.15, 0.2) is 0 Å². The summed E-state index contributed by atoms with van der Waals surface area (Å²) in [5, 5.41) is 4.05. The van der Waals surface area contributed by atoms with Crippen LogP contribution in [0.4, 0.5) is 4.39 Å². The summed E-state index contributed by atoms with van der Waals surface area (Å²) >= 11 is 4.91. The molecule has 1 aromatic carbocycles.